The number of nitrogens with one attached hydrogen (secondary N) is 1. The SMILES string of the molecule is CCNC(=O)[C@H](Cc1ccccc1)N(Cc1ccc(Br)cc1)C(=O)COc1ccc(Br)cc1. The molecule has 0 saturated carbocycles. The Hall–Kier alpha value is -2.64. The zero-order chi connectivity index (χ0) is 23.6. The fraction of sp³-hybridized carbons (Fsp3) is 0.231. The van der Waals surface area contributed by atoms with Crippen molar-refractivity contribution in [1.82, 2.24) is 10.2 Å². The normalized spacial score (nSPS) is 11.5. The van der Waals surface area contributed by atoms with Crippen molar-refractivity contribution in [3.63, 3.8) is 0 Å². The Morgan fingerprint density at radius 3 is 2.09 bits per heavy atom. The van der Waals surface area contributed by atoms with Gasteiger partial charge in [-0.2, -0.15) is 0 Å². The van der Waals surface area contributed by atoms with Crippen LogP contribution >= 0.6 is 31.9 Å². The molecular weight excluding hydrogens is 548 g/mol. The number of hydrogen-bond donors (Lipinski definition) is 1. The third-order valence-electron chi connectivity index (χ3n) is 5.06. The lowest BCUT2D eigenvalue weighted by atomic mass is 10.0. The van der Waals surface area contributed by atoms with Gasteiger partial charge in [0.15, 0.2) is 6.61 Å². The van der Waals surface area contributed by atoms with E-state index in [1.165, 1.54) is 0 Å². The average molecular weight is 574 g/mol. The molecule has 0 bridgehead atoms. The second kappa shape index (κ2) is 12.6. The molecule has 3 aromatic rings. The maximum absolute atomic E-state index is 13.4. The lowest BCUT2D eigenvalue weighted by Crippen LogP contribution is -2.51. The van der Waals surface area contributed by atoms with E-state index < -0.39 is 6.04 Å². The molecule has 0 heterocycles. The molecule has 0 radical (unpaired) electrons. The summed E-state index contributed by atoms with van der Waals surface area (Å²) in [5, 5.41) is 2.89. The Kier molecular flexibility index (Phi) is 9.51. The van der Waals surface area contributed by atoms with E-state index in [-0.39, 0.29) is 18.4 Å². The van der Waals surface area contributed by atoms with E-state index >= 15 is 0 Å². The number of benzene rings is 3. The zero-order valence-electron chi connectivity index (χ0n) is 18.3. The van der Waals surface area contributed by atoms with Crippen molar-refractivity contribution in [2.75, 3.05) is 13.2 Å². The molecule has 2 amide bonds. The minimum absolute atomic E-state index is 0.164. The van der Waals surface area contributed by atoms with E-state index in [9.17, 15) is 9.59 Å². The molecule has 33 heavy (non-hydrogen) atoms. The Labute approximate surface area is 211 Å². The van der Waals surface area contributed by atoms with Gasteiger partial charge < -0.3 is 15.0 Å². The fourth-order valence-corrected chi connectivity index (χ4v) is 3.92. The highest BCUT2D eigenvalue weighted by Crippen LogP contribution is 2.19. The fourth-order valence-electron chi connectivity index (χ4n) is 3.39. The first-order chi connectivity index (χ1) is 16.0. The predicted octanol–water partition coefficient (Wildman–Crippen LogP) is 5.37. The quantitative estimate of drug-likeness (QED) is 0.355. The highest BCUT2D eigenvalue weighted by Gasteiger charge is 2.30. The molecule has 1 atom stereocenters. The van der Waals surface area contributed by atoms with Crippen LogP contribution in [0.15, 0.2) is 87.8 Å². The topological polar surface area (TPSA) is 58.6 Å². The summed E-state index contributed by atoms with van der Waals surface area (Å²) < 4.78 is 7.63. The van der Waals surface area contributed by atoms with Crippen molar-refractivity contribution in [3.8, 4) is 5.75 Å². The van der Waals surface area contributed by atoms with E-state index in [0.717, 1.165) is 20.1 Å². The van der Waals surface area contributed by atoms with Crippen molar-refractivity contribution < 1.29 is 14.3 Å². The van der Waals surface area contributed by atoms with E-state index in [2.05, 4.69) is 37.2 Å². The van der Waals surface area contributed by atoms with Gasteiger partial charge in [0, 0.05) is 28.5 Å². The van der Waals surface area contributed by atoms with Gasteiger partial charge in [0.25, 0.3) is 5.91 Å². The van der Waals surface area contributed by atoms with Gasteiger partial charge in [-0.1, -0.05) is 74.3 Å². The summed E-state index contributed by atoms with van der Waals surface area (Å²) in [7, 11) is 0. The molecule has 0 unspecified atom stereocenters. The van der Waals surface area contributed by atoms with Crippen LogP contribution < -0.4 is 10.1 Å². The van der Waals surface area contributed by atoms with Gasteiger partial charge in [0.05, 0.1) is 0 Å². The molecule has 0 fully saturated rings. The first kappa shape index (κ1) is 25.0. The van der Waals surface area contributed by atoms with Crippen LogP contribution in [0.1, 0.15) is 18.1 Å². The maximum Gasteiger partial charge on any atom is 0.261 e. The summed E-state index contributed by atoms with van der Waals surface area (Å²) in [4.78, 5) is 28.1. The summed E-state index contributed by atoms with van der Waals surface area (Å²) in [6.45, 7) is 2.49. The number of amides is 2. The van der Waals surface area contributed by atoms with E-state index in [1.54, 1.807) is 17.0 Å². The number of ether oxygens (including phenoxy) is 1. The molecular formula is C26H26Br2N2O3. The molecule has 0 aliphatic heterocycles. The second-order valence-electron chi connectivity index (χ2n) is 7.49. The van der Waals surface area contributed by atoms with Crippen molar-refractivity contribution in [1.29, 1.82) is 0 Å². The van der Waals surface area contributed by atoms with Crippen molar-refractivity contribution >= 4 is 43.7 Å². The number of carbonyl (C=O) groups is 2. The Morgan fingerprint density at radius 1 is 0.879 bits per heavy atom. The standard InChI is InChI=1S/C26H26Br2N2O3/c1-2-29-26(32)24(16-19-6-4-3-5-7-19)30(17-20-8-10-21(27)11-9-20)25(31)18-33-23-14-12-22(28)13-15-23/h3-15,24H,2,16-18H2,1H3,(H,29,32)/t24-/m0/s1. The van der Waals surface area contributed by atoms with Gasteiger partial charge in [-0.3, -0.25) is 9.59 Å². The minimum Gasteiger partial charge on any atom is -0.484 e. The molecule has 172 valence electrons. The maximum atomic E-state index is 13.4. The van der Waals surface area contributed by atoms with Gasteiger partial charge in [-0.05, 0) is 54.4 Å². The van der Waals surface area contributed by atoms with Crippen molar-refractivity contribution in [2.45, 2.75) is 25.9 Å². The highest BCUT2D eigenvalue weighted by atomic mass is 79.9. The third kappa shape index (κ3) is 7.72. The van der Waals surface area contributed by atoms with E-state index in [4.69, 9.17) is 4.74 Å². The number of halogens is 2. The summed E-state index contributed by atoms with van der Waals surface area (Å²) in [6, 6.07) is 24.1. The molecule has 7 heteroatoms. The Morgan fingerprint density at radius 2 is 1.48 bits per heavy atom. The number of likely N-dealkylation sites (N-methyl/N-ethyl adjacent to an activating group) is 1. The zero-order valence-corrected chi connectivity index (χ0v) is 21.5. The predicted molar refractivity (Wildman–Crippen MR) is 137 cm³/mol. The summed E-state index contributed by atoms with van der Waals surface area (Å²) in [5.41, 5.74) is 1.91. The number of carbonyl (C=O) groups excluding carboxylic acids is 2. The second-order valence-corrected chi connectivity index (χ2v) is 9.32. The smallest absolute Gasteiger partial charge is 0.261 e. The largest absolute Gasteiger partial charge is 0.484 e. The molecule has 3 rings (SSSR count). The number of rotatable bonds is 10. The molecule has 0 spiro atoms. The summed E-state index contributed by atoms with van der Waals surface area (Å²) in [6.07, 6.45) is 0.410. The monoisotopic (exact) mass is 572 g/mol. The number of hydrogen-bond acceptors (Lipinski definition) is 3. The van der Waals surface area contributed by atoms with Gasteiger partial charge >= 0.3 is 0 Å². The van der Waals surface area contributed by atoms with Crippen LogP contribution in [0.4, 0.5) is 0 Å². The van der Waals surface area contributed by atoms with Crippen molar-refractivity contribution in [3.05, 3.63) is 98.9 Å². The van der Waals surface area contributed by atoms with Crippen LogP contribution in [0, 0.1) is 0 Å². The molecule has 5 nitrogen and oxygen atoms in total. The molecule has 0 saturated heterocycles. The van der Waals surface area contributed by atoms with Gasteiger partial charge in [-0.15, -0.1) is 0 Å². The van der Waals surface area contributed by atoms with Gasteiger partial charge in [0.1, 0.15) is 11.8 Å². The van der Waals surface area contributed by atoms with Gasteiger partial charge in [0.2, 0.25) is 5.91 Å². The molecule has 0 aromatic heterocycles. The lowest BCUT2D eigenvalue weighted by molar-refractivity contribution is -0.142. The Balaban J connectivity index is 1.87. The lowest BCUT2D eigenvalue weighted by Gasteiger charge is -2.31. The van der Waals surface area contributed by atoms with Crippen LogP contribution in [0.25, 0.3) is 0 Å². The first-order valence-corrected chi connectivity index (χ1v) is 12.3. The molecule has 0 aliphatic rings. The highest BCUT2D eigenvalue weighted by molar-refractivity contribution is 9.10. The van der Waals surface area contributed by atoms with Crippen LogP contribution in [0.5, 0.6) is 5.75 Å². The minimum atomic E-state index is -0.669. The van der Waals surface area contributed by atoms with Crippen molar-refractivity contribution in [2.24, 2.45) is 0 Å². The number of nitrogens with zero attached hydrogens (tertiary/aromatic N) is 1. The molecule has 3 aromatic carbocycles. The van der Waals surface area contributed by atoms with Crippen LogP contribution in [-0.4, -0.2) is 35.9 Å². The van der Waals surface area contributed by atoms with Crippen LogP contribution in [-0.2, 0) is 22.6 Å². The summed E-state index contributed by atoms with van der Waals surface area (Å²) >= 11 is 6.84. The summed E-state index contributed by atoms with van der Waals surface area (Å²) in [5.74, 6) is 0.149. The van der Waals surface area contributed by atoms with E-state index in [0.29, 0.717) is 25.3 Å². The average Bonchev–Trinajstić information content (AvgIpc) is 2.82. The third-order valence-corrected chi connectivity index (χ3v) is 6.12. The first-order valence-electron chi connectivity index (χ1n) is 10.7. The van der Waals surface area contributed by atoms with Gasteiger partial charge in [-0.25, -0.2) is 0 Å². The van der Waals surface area contributed by atoms with E-state index in [1.807, 2.05) is 73.7 Å². The molecule has 0 aliphatic carbocycles. The van der Waals surface area contributed by atoms with Crippen LogP contribution in [0.2, 0.25) is 0 Å². The molecule has 1 N–H and O–H groups in total. The Bertz CT molecular complexity index is 1040. The van der Waals surface area contributed by atoms with Crippen LogP contribution in [0.3, 0.4) is 0 Å².